The molecule has 0 aromatic heterocycles. The molecule has 0 spiro atoms. The average molecular weight is 248 g/mol. The lowest BCUT2D eigenvalue weighted by atomic mass is 10.0. The van der Waals surface area contributed by atoms with Gasteiger partial charge in [-0.2, -0.15) is 0 Å². The zero-order chi connectivity index (χ0) is 13.0. The van der Waals surface area contributed by atoms with Gasteiger partial charge in [-0.3, -0.25) is 4.79 Å². The van der Waals surface area contributed by atoms with Crippen LogP contribution in [0.15, 0.2) is 24.3 Å². The Labute approximate surface area is 107 Å². The van der Waals surface area contributed by atoms with Crippen molar-refractivity contribution in [2.45, 2.75) is 31.9 Å². The van der Waals surface area contributed by atoms with Crippen LogP contribution in [0.1, 0.15) is 30.1 Å². The van der Waals surface area contributed by atoms with E-state index in [-0.39, 0.29) is 18.5 Å². The Kier molecular flexibility index (Phi) is 4.33. The van der Waals surface area contributed by atoms with Gasteiger partial charge >= 0.3 is 0 Å². The van der Waals surface area contributed by atoms with Gasteiger partial charge in [-0.25, -0.2) is 0 Å². The molecule has 1 unspecified atom stereocenters. The number of benzene rings is 1. The Bertz CT molecular complexity index is 414. The molecule has 2 rings (SSSR count). The van der Waals surface area contributed by atoms with Crippen molar-refractivity contribution in [2.24, 2.45) is 0 Å². The largest absolute Gasteiger partial charge is 0.387 e. The quantitative estimate of drug-likeness (QED) is 0.742. The smallest absolute Gasteiger partial charge is 0.237 e. The van der Waals surface area contributed by atoms with Crippen LogP contribution < -0.4 is 10.6 Å². The predicted molar refractivity (Wildman–Crippen MR) is 70.2 cm³/mol. The minimum absolute atomic E-state index is 0.0138. The van der Waals surface area contributed by atoms with Crippen molar-refractivity contribution >= 4 is 5.91 Å². The van der Waals surface area contributed by atoms with E-state index in [4.69, 9.17) is 0 Å². The number of hydrogen-bond acceptors (Lipinski definition) is 3. The van der Waals surface area contributed by atoms with E-state index in [9.17, 15) is 9.90 Å². The third-order valence-corrected chi connectivity index (χ3v) is 3.39. The fourth-order valence-electron chi connectivity index (χ4n) is 2.30. The molecular formula is C14H20N2O2. The first kappa shape index (κ1) is 13.1. The van der Waals surface area contributed by atoms with E-state index in [0.29, 0.717) is 0 Å². The molecule has 1 fully saturated rings. The fourth-order valence-corrected chi connectivity index (χ4v) is 2.30. The van der Waals surface area contributed by atoms with Crippen LogP contribution in [0.25, 0.3) is 0 Å². The lowest BCUT2D eigenvalue weighted by molar-refractivity contribution is -0.123. The maximum atomic E-state index is 11.8. The molecule has 1 heterocycles. The van der Waals surface area contributed by atoms with Crippen LogP contribution >= 0.6 is 0 Å². The summed E-state index contributed by atoms with van der Waals surface area (Å²) >= 11 is 0. The molecule has 1 aliphatic heterocycles. The lowest BCUT2D eigenvalue weighted by Crippen LogP contribution is -2.41. The Hall–Kier alpha value is -1.39. The predicted octanol–water partition coefficient (Wildman–Crippen LogP) is 0.897. The molecule has 98 valence electrons. The first-order valence-electron chi connectivity index (χ1n) is 6.43. The van der Waals surface area contributed by atoms with E-state index in [1.54, 1.807) is 0 Å². The summed E-state index contributed by atoms with van der Waals surface area (Å²) in [5.74, 6) is -0.0138. The van der Waals surface area contributed by atoms with Crippen molar-refractivity contribution in [3.05, 3.63) is 35.4 Å². The van der Waals surface area contributed by atoms with E-state index in [1.165, 1.54) is 0 Å². The van der Waals surface area contributed by atoms with Crippen LogP contribution in [0.2, 0.25) is 0 Å². The van der Waals surface area contributed by atoms with Crippen LogP contribution in [-0.4, -0.2) is 30.1 Å². The van der Waals surface area contributed by atoms with Crippen LogP contribution in [0.3, 0.4) is 0 Å². The molecule has 4 heteroatoms. The third kappa shape index (κ3) is 3.09. The molecule has 2 atom stereocenters. The first-order chi connectivity index (χ1) is 8.68. The lowest BCUT2D eigenvalue weighted by Gasteiger charge is -2.16. The van der Waals surface area contributed by atoms with E-state index in [1.807, 2.05) is 31.2 Å². The highest BCUT2D eigenvalue weighted by molar-refractivity contribution is 5.82. The van der Waals surface area contributed by atoms with E-state index < -0.39 is 6.10 Å². The van der Waals surface area contributed by atoms with Gasteiger partial charge in [0.05, 0.1) is 12.1 Å². The minimum Gasteiger partial charge on any atom is -0.387 e. The molecule has 4 nitrogen and oxygen atoms in total. The average Bonchev–Trinajstić information content (AvgIpc) is 2.90. The summed E-state index contributed by atoms with van der Waals surface area (Å²) in [6.07, 6.45) is 1.28. The molecule has 1 saturated heterocycles. The molecule has 0 aliphatic carbocycles. The molecule has 1 aromatic rings. The second kappa shape index (κ2) is 5.98. The maximum Gasteiger partial charge on any atom is 0.237 e. The molecule has 0 bridgehead atoms. The van der Waals surface area contributed by atoms with Gasteiger partial charge in [-0.1, -0.05) is 24.3 Å². The van der Waals surface area contributed by atoms with Gasteiger partial charge in [0.1, 0.15) is 0 Å². The number of nitrogens with one attached hydrogen (secondary N) is 2. The number of carbonyl (C=O) groups is 1. The Morgan fingerprint density at radius 1 is 1.56 bits per heavy atom. The molecule has 18 heavy (non-hydrogen) atoms. The molecule has 0 saturated carbocycles. The van der Waals surface area contributed by atoms with Gasteiger partial charge in [0.15, 0.2) is 0 Å². The maximum absolute atomic E-state index is 11.8. The number of hydrogen-bond donors (Lipinski definition) is 3. The fraction of sp³-hybridized carbons (Fsp3) is 0.500. The Morgan fingerprint density at radius 3 is 3.00 bits per heavy atom. The summed E-state index contributed by atoms with van der Waals surface area (Å²) in [6, 6.07) is 7.59. The van der Waals surface area contributed by atoms with E-state index >= 15 is 0 Å². The second-order valence-corrected chi connectivity index (χ2v) is 4.77. The summed E-state index contributed by atoms with van der Waals surface area (Å²) in [4.78, 5) is 11.8. The first-order valence-corrected chi connectivity index (χ1v) is 6.43. The van der Waals surface area contributed by atoms with Crippen LogP contribution in [0.4, 0.5) is 0 Å². The van der Waals surface area contributed by atoms with Gasteiger partial charge in [0.25, 0.3) is 0 Å². The molecule has 3 N–H and O–H groups in total. The monoisotopic (exact) mass is 248 g/mol. The Morgan fingerprint density at radius 2 is 2.33 bits per heavy atom. The van der Waals surface area contributed by atoms with Crippen molar-refractivity contribution in [1.29, 1.82) is 0 Å². The van der Waals surface area contributed by atoms with E-state index in [0.717, 1.165) is 30.5 Å². The van der Waals surface area contributed by atoms with Gasteiger partial charge in [-0.05, 0) is 37.4 Å². The van der Waals surface area contributed by atoms with Crippen molar-refractivity contribution in [2.75, 3.05) is 13.1 Å². The van der Waals surface area contributed by atoms with Crippen molar-refractivity contribution < 1.29 is 9.90 Å². The van der Waals surface area contributed by atoms with Gasteiger partial charge in [0.2, 0.25) is 5.91 Å². The molecule has 0 radical (unpaired) electrons. The third-order valence-electron chi connectivity index (χ3n) is 3.39. The normalized spacial score (nSPS) is 20.7. The zero-order valence-corrected chi connectivity index (χ0v) is 10.6. The number of carbonyl (C=O) groups excluding carboxylic acids is 1. The topological polar surface area (TPSA) is 61.4 Å². The highest BCUT2D eigenvalue weighted by Gasteiger charge is 2.22. The summed E-state index contributed by atoms with van der Waals surface area (Å²) in [6.45, 7) is 3.12. The highest BCUT2D eigenvalue weighted by atomic mass is 16.3. The number of amides is 1. The van der Waals surface area contributed by atoms with E-state index in [2.05, 4.69) is 10.6 Å². The van der Waals surface area contributed by atoms with Crippen LogP contribution in [0, 0.1) is 6.92 Å². The van der Waals surface area contributed by atoms with Gasteiger partial charge < -0.3 is 15.7 Å². The van der Waals surface area contributed by atoms with Gasteiger partial charge in [0, 0.05) is 6.54 Å². The summed E-state index contributed by atoms with van der Waals surface area (Å²) in [5, 5.41) is 16.0. The molecule has 1 amide bonds. The minimum atomic E-state index is -0.642. The number of rotatable bonds is 4. The standard InChI is InChI=1S/C14H20N2O2/c1-10-5-2-3-6-11(10)13(17)9-16-14(18)12-7-4-8-15-12/h2-3,5-6,12-13,15,17H,4,7-9H2,1H3,(H,16,18)/t12-,13?/m0/s1. The summed E-state index contributed by atoms with van der Waals surface area (Å²) < 4.78 is 0. The Balaban J connectivity index is 1.86. The number of aryl methyl sites for hydroxylation is 1. The molecule has 1 aromatic carbocycles. The zero-order valence-electron chi connectivity index (χ0n) is 10.6. The second-order valence-electron chi connectivity index (χ2n) is 4.77. The summed E-state index contributed by atoms with van der Waals surface area (Å²) in [5.41, 5.74) is 1.91. The van der Waals surface area contributed by atoms with Crippen molar-refractivity contribution in [3.8, 4) is 0 Å². The highest BCUT2D eigenvalue weighted by Crippen LogP contribution is 2.16. The number of aliphatic hydroxyl groups is 1. The van der Waals surface area contributed by atoms with Crippen LogP contribution in [-0.2, 0) is 4.79 Å². The van der Waals surface area contributed by atoms with Crippen molar-refractivity contribution in [1.82, 2.24) is 10.6 Å². The molecular weight excluding hydrogens is 228 g/mol. The number of aliphatic hydroxyl groups excluding tert-OH is 1. The van der Waals surface area contributed by atoms with Crippen molar-refractivity contribution in [3.63, 3.8) is 0 Å². The van der Waals surface area contributed by atoms with Crippen LogP contribution in [0.5, 0.6) is 0 Å². The molecule has 1 aliphatic rings. The SMILES string of the molecule is Cc1ccccc1C(O)CNC(=O)[C@@H]1CCCN1. The summed E-state index contributed by atoms with van der Waals surface area (Å²) in [7, 11) is 0. The van der Waals surface area contributed by atoms with Gasteiger partial charge in [-0.15, -0.1) is 0 Å².